The van der Waals surface area contributed by atoms with Gasteiger partial charge in [-0.15, -0.1) is 0 Å². The Morgan fingerprint density at radius 1 is 1.39 bits per heavy atom. The summed E-state index contributed by atoms with van der Waals surface area (Å²) in [6.45, 7) is 1.49. The molecule has 1 aliphatic heterocycles. The lowest BCUT2D eigenvalue weighted by Crippen LogP contribution is -2.31. The van der Waals surface area contributed by atoms with Gasteiger partial charge >= 0.3 is 0 Å². The first kappa shape index (κ1) is 12.8. The van der Waals surface area contributed by atoms with Gasteiger partial charge in [-0.3, -0.25) is 4.79 Å². The molecular formula is C13H11BrN2O2. The molecule has 18 heavy (non-hydrogen) atoms. The van der Waals surface area contributed by atoms with Crippen molar-refractivity contribution in [3.8, 4) is 6.07 Å². The summed E-state index contributed by atoms with van der Waals surface area (Å²) in [5.74, 6) is -0.280. The minimum absolute atomic E-state index is 0.122. The van der Waals surface area contributed by atoms with E-state index in [4.69, 9.17) is 10.00 Å². The van der Waals surface area contributed by atoms with Gasteiger partial charge in [-0.25, -0.2) is 0 Å². The quantitative estimate of drug-likeness (QED) is 0.516. The second-order valence-electron chi connectivity index (χ2n) is 3.78. The summed E-state index contributed by atoms with van der Waals surface area (Å²) in [5.41, 5.74) is 1.18. The van der Waals surface area contributed by atoms with E-state index in [2.05, 4.69) is 21.2 Å². The van der Waals surface area contributed by atoms with Gasteiger partial charge in [0.05, 0.1) is 18.9 Å². The number of ether oxygens (including phenoxy) is 1. The molecule has 1 saturated heterocycles. The summed E-state index contributed by atoms with van der Waals surface area (Å²) < 4.78 is 6.13. The lowest BCUT2D eigenvalue weighted by molar-refractivity contribution is 0.102. The zero-order chi connectivity index (χ0) is 13.0. The van der Waals surface area contributed by atoms with Crippen molar-refractivity contribution in [3.05, 3.63) is 45.6 Å². The number of hydrogen-bond donors (Lipinski definition) is 1. The SMILES string of the molecule is N#CC(C(=O)c1ccc(Br)cc1)=C1COCCN1. The number of benzene rings is 1. The van der Waals surface area contributed by atoms with E-state index in [1.165, 1.54) is 0 Å². The van der Waals surface area contributed by atoms with Crippen LogP contribution in [0.2, 0.25) is 0 Å². The van der Waals surface area contributed by atoms with Crippen molar-refractivity contribution >= 4 is 21.7 Å². The molecule has 2 rings (SSSR count). The maximum atomic E-state index is 12.2. The Balaban J connectivity index is 2.31. The lowest BCUT2D eigenvalue weighted by atomic mass is 10.0. The smallest absolute Gasteiger partial charge is 0.205 e. The molecule has 1 fully saturated rings. The number of nitriles is 1. The topological polar surface area (TPSA) is 62.1 Å². The van der Waals surface area contributed by atoms with Gasteiger partial charge in [0.2, 0.25) is 5.78 Å². The van der Waals surface area contributed by atoms with Crippen molar-refractivity contribution in [2.75, 3.05) is 19.8 Å². The Hall–Kier alpha value is -1.64. The number of carbonyl (C=O) groups excluding carboxylic acids is 1. The molecule has 1 heterocycles. The summed E-state index contributed by atoms with van der Waals surface area (Å²) in [5, 5.41) is 12.2. The second-order valence-corrected chi connectivity index (χ2v) is 4.70. The minimum atomic E-state index is -0.280. The number of rotatable bonds is 2. The van der Waals surface area contributed by atoms with E-state index in [9.17, 15) is 4.79 Å². The van der Waals surface area contributed by atoms with Crippen LogP contribution in [0.5, 0.6) is 0 Å². The predicted octanol–water partition coefficient (Wildman–Crippen LogP) is 2.03. The fourth-order valence-corrected chi connectivity index (χ4v) is 1.93. The molecule has 1 aliphatic rings. The Bertz CT molecular complexity index is 521. The number of morpholine rings is 1. The Morgan fingerprint density at radius 2 is 2.11 bits per heavy atom. The van der Waals surface area contributed by atoms with E-state index in [0.29, 0.717) is 24.4 Å². The zero-order valence-electron chi connectivity index (χ0n) is 9.57. The summed E-state index contributed by atoms with van der Waals surface area (Å²) in [6.07, 6.45) is 0. The number of ketones is 1. The van der Waals surface area contributed by atoms with Gasteiger partial charge < -0.3 is 10.1 Å². The van der Waals surface area contributed by atoms with Crippen molar-refractivity contribution in [3.63, 3.8) is 0 Å². The highest BCUT2D eigenvalue weighted by atomic mass is 79.9. The van der Waals surface area contributed by atoms with Gasteiger partial charge in [-0.05, 0) is 24.3 Å². The van der Waals surface area contributed by atoms with Gasteiger partial charge in [-0.2, -0.15) is 5.26 Å². The van der Waals surface area contributed by atoms with Gasteiger partial charge in [0, 0.05) is 16.6 Å². The van der Waals surface area contributed by atoms with Crippen LogP contribution >= 0.6 is 15.9 Å². The highest BCUT2D eigenvalue weighted by Gasteiger charge is 2.19. The van der Waals surface area contributed by atoms with E-state index in [0.717, 1.165) is 4.47 Å². The number of Topliss-reactive ketones (excluding diaryl/α,β-unsaturated/α-hetero) is 1. The maximum Gasteiger partial charge on any atom is 0.205 e. The van der Waals surface area contributed by atoms with Gasteiger partial charge in [-0.1, -0.05) is 15.9 Å². The monoisotopic (exact) mass is 306 g/mol. The molecule has 92 valence electrons. The third-order valence-electron chi connectivity index (χ3n) is 2.58. The fourth-order valence-electron chi connectivity index (χ4n) is 1.66. The average molecular weight is 307 g/mol. The molecular weight excluding hydrogens is 296 g/mol. The van der Waals surface area contributed by atoms with Crippen LogP contribution in [0.3, 0.4) is 0 Å². The van der Waals surface area contributed by atoms with Crippen LogP contribution in [0.25, 0.3) is 0 Å². The van der Waals surface area contributed by atoms with Crippen LogP contribution < -0.4 is 5.32 Å². The molecule has 0 saturated carbocycles. The van der Waals surface area contributed by atoms with E-state index in [1.807, 2.05) is 6.07 Å². The van der Waals surface area contributed by atoms with E-state index >= 15 is 0 Å². The first-order chi connectivity index (χ1) is 8.72. The molecule has 0 amide bonds. The highest BCUT2D eigenvalue weighted by molar-refractivity contribution is 9.10. The van der Waals surface area contributed by atoms with Gasteiger partial charge in [0.15, 0.2) is 0 Å². The van der Waals surface area contributed by atoms with Crippen LogP contribution in [-0.4, -0.2) is 25.5 Å². The van der Waals surface area contributed by atoms with E-state index < -0.39 is 0 Å². The van der Waals surface area contributed by atoms with Crippen molar-refractivity contribution in [1.82, 2.24) is 5.32 Å². The number of carbonyl (C=O) groups is 1. The van der Waals surface area contributed by atoms with Crippen LogP contribution in [0.1, 0.15) is 10.4 Å². The molecule has 5 heteroatoms. The van der Waals surface area contributed by atoms with Gasteiger partial charge in [0.1, 0.15) is 11.6 Å². The molecule has 0 spiro atoms. The average Bonchev–Trinajstić information content (AvgIpc) is 2.41. The van der Waals surface area contributed by atoms with Crippen LogP contribution in [0.4, 0.5) is 0 Å². The molecule has 0 radical (unpaired) electrons. The number of halogens is 1. The molecule has 0 bridgehead atoms. The summed E-state index contributed by atoms with van der Waals surface area (Å²) >= 11 is 3.30. The van der Waals surface area contributed by atoms with E-state index in [-0.39, 0.29) is 18.0 Å². The van der Waals surface area contributed by atoms with Crippen LogP contribution in [0.15, 0.2) is 40.0 Å². The number of nitrogens with zero attached hydrogens (tertiary/aromatic N) is 1. The van der Waals surface area contributed by atoms with Crippen LogP contribution in [0, 0.1) is 11.3 Å². The molecule has 1 N–H and O–H groups in total. The first-order valence-corrected chi connectivity index (χ1v) is 6.27. The summed E-state index contributed by atoms with van der Waals surface area (Å²) in [4.78, 5) is 12.2. The number of nitrogens with one attached hydrogen (secondary N) is 1. The molecule has 1 aromatic rings. The molecule has 4 nitrogen and oxygen atoms in total. The summed E-state index contributed by atoms with van der Waals surface area (Å²) in [6, 6.07) is 8.89. The number of allylic oxidation sites excluding steroid dienone is 1. The Labute approximate surface area is 113 Å². The zero-order valence-corrected chi connectivity index (χ0v) is 11.2. The lowest BCUT2D eigenvalue weighted by Gasteiger charge is -2.18. The Kier molecular flexibility index (Phi) is 4.13. The summed E-state index contributed by atoms with van der Waals surface area (Å²) in [7, 11) is 0. The van der Waals surface area contributed by atoms with Crippen molar-refractivity contribution in [2.45, 2.75) is 0 Å². The van der Waals surface area contributed by atoms with Crippen molar-refractivity contribution in [1.29, 1.82) is 5.26 Å². The second kappa shape index (κ2) is 5.80. The molecule has 0 aromatic heterocycles. The largest absolute Gasteiger partial charge is 0.383 e. The van der Waals surface area contributed by atoms with Crippen LogP contribution in [-0.2, 0) is 4.74 Å². The molecule has 0 unspecified atom stereocenters. The predicted molar refractivity (Wildman–Crippen MR) is 69.9 cm³/mol. The molecule has 1 aromatic carbocycles. The van der Waals surface area contributed by atoms with Gasteiger partial charge in [0.25, 0.3) is 0 Å². The van der Waals surface area contributed by atoms with E-state index in [1.54, 1.807) is 24.3 Å². The maximum absolute atomic E-state index is 12.2. The van der Waals surface area contributed by atoms with Crippen molar-refractivity contribution < 1.29 is 9.53 Å². The highest BCUT2D eigenvalue weighted by Crippen LogP contribution is 2.16. The normalized spacial score (nSPS) is 17.6. The van der Waals surface area contributed by atoms with Crippen molar-refractivity contribution in [2.24, 2.45) is 0 Å². The third kappa shape index (κ3) is 2.78. The minimum Gasteiger partial charge on any atom is -0.383 e. The molecule has 0 atom stereocenters. The fraction of sp³-hybridized carbons (Fsp3) is 0.231. The molecule has 0 aliphatic carbocycles. The standard InChI is InChI=1S/C13H11BrN2O2/c14-10-3-1-9(2-4-10)13(17)11(7-15)12-8-18-6-5-16-12/h1-4,16H,5-6,8H2. The first-order valence-electron chi connectivity index (χ1n) is 5.47. The number of hydrogen-bond acceptors (Lipinski definition) is 4. The third-order valence-corrected chi connectivity index (χ3v) is 3.11. The Morgan fingerprint density at radius 3 is 2.67 bits per heavy atom.